The van der Waals surface area contributed by atoms with E-state index in [-0.39, 0.29) is 5.95 Å². The van der Waals surface area contributed by atoms with Gasteiger partial charge in [0.1, 0.15) is 5.82 Å². The second-order valence-corrected chi connectivity index (χ2v) is 3.89. The highest BCUT2D eigenvalue weighted by atomic mass is 16.1. The van der Waals surface area contributed by atoms with Crippen molar-refractivity contribution in [2.75, 3.05) is 5.73 Å². The van der Waals surface area contributed by atoms with E-state index in [1.807, 2.05) is 42.5 Å². The van der Waals surface area contributed by atoms with Crippen molar-refractivity contribution in [1.29, 1.82) is 0 Å². The first-order chi connectivity index (χ1) is 8.74. The SMILES string of the molecule is Nc1nc(-c2cccc3ccccc23)[nH]c(=O)n1. The van der Waals surface area contributed by atoms with E-state index in [9.17, 15) is 4.79 Å². The fraction of sp³-hybridized carbons (Fsp3) is 0. The molecule has 0 fully saturated rings. The number of rotatable bonds is 1. The predicted molar refractivity (Wildman–Crippen MR) is 70.0 cm³/mol. The maximum atomic E-state index is 11.3. The van der Waals surface area contributed by atoms with Crippen LogP contribution in [0.15, 0.2) is 47.3 Å². The molecule has 3 rings (SSSR count). The van der Waals surface area contributed by atoms with Gasteiger partial charge in [-0.05, 0) is 10.8 Å². The molecule has 5 nitrogen and oxygen atoms in total. The number of benzene rings is 2. The van der Waals surface area contributed by atoms with E-state index < -0.39 is 5.69 Å². The Bertz CT molecular complexity index is 774. The van der Waals surface area contributed by atoms with Gasteiger partial charge in [0, 0.05) is 5.56 Å². The maximum absolute atomic E-state index is 11.3. The van der Waals surface area contributed by atoms with E-state index in [4.69, 9.17) is 5.73 Å². The molecule has 2 aromatic carbocycles. The van der Waals surface area contributed by atoms with Crippen LogP contribution in [0.2, 0.25) is 0 Å². The Morgan fingerprint density at radius 2 is 1.78 bits per heavy atom. The van der Waals surface area contributed by atoms with Crippen molar-refractivity contribution in [2.24, 2.45) is 0 Å². The summed E-state index contributed by atoms with van der Waals surface area (Å²) >= 11 is 0. The van der Waals surface area contributed by atoms with Crippen LogP contribution in [0.4, 0.5) is 5.95 Å². The normalized spacial score (nSPS) is 10.7. The standard InChI is InChI=1S/C13H10N4O/c14-12-15-11(16-13(18)17-12)10-7-3-5-8-4-1-2-6-9(8)10/h1-7H,(H3,14,15,16,17,18). The molecule has 0 unspecified atom stereocenters. The molecule has 0 aliphatic carbocycles. The van der Waals surface area contributed by atoms with Crippen molar-refractivity contribution in [1.82, 2.24) is 15.0 Å². The number of fused-ring (bicyclic) bond motifs is 1. The summed E-state index contributed by atoms with van der Waals surface area (Å²) in [5.74, 6) is 0.408. The number of aromatic amines is 1. The number of H-pyrrole nitrogens is 1. The molecule has 3 N–H and O–H groups in total. The van der Waals surface area contributed by atoms with Crippen LogP contribution in [-0.4, -0.2) is 15.0 Å². The van der Waals surface area contributed by atoms with Gasteiger partial charge in [0.2, 0.25) is 5.95 Å². The molecule has 0 atom stereocenters. The van der Waals surface area contributed by atoms with Crippen LogP contribution in [0.5, 0.6) is 0 Å². The molecule has 1 heterocycles. The number of hydrogen-bond donors (Lipinski definition) is 2. The Balaban J connectivity index is 2.34. The third-order valence-corrected chi connectivity index (χ3v) is 2.71. The zero-order valence-electron chi connectivity index (χ0n) is 9.42. The number of nitrogens with two attached hydrogens (primary N) is 1. The van der Waals surface area contributed by atoms with Crippen LogP contribution in [0.25, 0.3) is 22.2 Å². The van der Waals surface area contributed by atoms with Crippen molar-refractivity contribution >= 4 is 16.7 Å². The molecule has 0 bridgehead atoms. The minimum absolute atomic E-state index is 0.0262. The topological polar surface area (TPSA) is 84.7 Å². The van der Waals surface area contributed by atoms with Crippen molar-refractivity contribution in [3.05, 3.63) is 52.9 Å². The predicted octanol–water partition coefficient (Wildman–Crippen LogP) is 1.57. The van der Waals surface area contributed by atoms with Gasteiger partial charge in [-0.15, -0.1) is 0 Å². The summed E-state index contributed by atoms with van der Waals surface area (Å²) in [7, 11) is 0. The lowest BCUT2D eigenvalue weighted by Gasteiger charge is -2.05. The first kappa shape index (κ1) is 10.5. The number of nitrogens with zero attached hydrogens (tertiary/aromatic N) is 2. The van der Waals surface area contributed by atoms with Crippen LogP contribution in [0.1, 0.15) is 0 Å². The lowest BCUT2D eigenvalue weighted by atomic mass is 10.0. The molecular weight excluding hydrogens is 228 g/mol. The zero-order chi connectivity index (χ0) is 12.5. The lowest BCUT2D eigenvalue weighted by Crippen LogP contribution is -2.15. The van der Waals surface area contributed by atoms with Gasteiger partial charge in [-0.2, -0.15) is 9.97 Å². The fourth-order valence-corrected chi connectivity index (χ4v) is 1.96. The Hall–Kier alpha value is -2.69. The summed E-state index contributed by atoms with van der Waals surface area (Å²) < 4.78 is 0. The second-order valence-electron chi connectivity index (χ2n) is 3.89. The number of hydrogen-bond acceptors (Lipinski definition) is 4. The van der Waals surface area contributed by atoms with Crippen LogP contribution in [-0.2, 0) is 0 Å². The molecule has 3 aromatic rings. The smallest absolute Gasteiger partial charge is 0.349 e. The van der Waals surface area contributed by atoms with Gasteiger partial charge in [-0.3, -0.25) is 4.98 Å². The average molecular weight is 238 g/mol. The third-order valence-electron chi connectivity index (χ3n) is 2.71. The van der Waals surface area contributed by atoms with E-state index in [0.717, 1.165) is 16.3 Å². The Labute approximate surface area is 102 Å². The van der Waals surface area contributed by atoms with Gasteiger partial charge < -0.3 is 5.73 Å². The minimum Gasteiger partial charge on any atom is -0.368 e. The maximum Gasteiger partial charge on any atom is 0.349 e. The number of anilines is 1. The summed E-state index contributed by atoms with van der Waals surface area (Å²) in [5.41, 5.74) is 5.84. The highest BCUT2D eigenvalue weighted by Crippen LogP contribution is 2.25. The molecule has 5 heteroatoms. The molecule has 0 aliphatic heterocycles. The second kappa shape index (κ2) is 3.96. The lowest BCUT2D eigenvalue weighted by molar-refractivity contribution is 1.01. The summed E-state index contributed by atoms with van der Waals surface area (Å²) in [6, 6.07) is 13.7. The van der Waals surface area contributed by atoms with Crippen LogP contribution < -0.4 is 11.4 Å². The van der Waals surface area contributed by atoms with Gasteiger partial charge in [0.05, 0.1) is 0 Å². The molecule has 0 amide bonds. The molecular formula is C13H10N4O. The summed E-state index contributed by atoms with van der Waals surface area (Å²) in [4.78, 5) is 21.5. The molecule has 0 saturated heterocycles. The Morgan fingerprint density at radius 3 is 2.61 bits per heavy atom. The Kier molecular flexibility index (Phi) is 2.30. The molecule has 0 radical (unpaired) electrons. The number of nitrogen functional groups attached to an aromatic ring is 1. The van der Waals surface area contributed by atoms with Gasteiger partial charge in [0.25, 0.3) is 0 Å². The molecule has 0 aliphatic rings. The first-order valence-electron chi connectivity index (χ1n) is 5.46. The number of aromatic nitrogens is 3. The highest BCUT2D eigenvalue weighted by molar-refractivity contribution is 5.95. The van der Waals surface area contributed by atoms with Crippen LogP contribution >= 0.6 is 0 Å². The molecule has 0 saturated carbocycles. The van der Waals surface area contributed by atoms with Gasteiger partial charge in [0.15, 0.2) is 0 Å². The van der Waals surface area contributed by atoms with Gasteiger partial charge in [-0.25, -0.2) is 4.79 Å². The molecule has 18 heavy (non-hydrogen) atoms. The largest absolute Gasteiger partial charge is 0.368 e. The van der Waals surface area contributed by atoms with Crippen molar-refractivity contribution < 1.29 is 0 Å². The molecule has 1 aromatic heterocycles. The van der Waals surface area contributed by atoms with Gasteiger partial charge in [-0.1, -0.05) is 42.5 Å². The quantitative estimate of drug-likeness (QED) is 0.673. The highest BCUT2D eigenvalue weighted by Gasteiger charge is 2.06. The third kappa shape index (κ3) is 1.71. The first-order valence-corrected chi connectivity index (χ1v) is 5.46. The van der Waals surface area contributed by atoms with Crippen molar-refractivity contribution in [3.8, 4) is 11.4 Å². The summed E-state index contributed by atoms with van der Waals surface area (Å²) in [5, 5.41) is 2.08. The van der Waals surface area contributed by atoms with Crippen molar-refractivity contribution in [3.63, 3.8) is 0 Å². The molecule has 0 spiro atoms. The van der Waals surface area contributed by atoms with E-state index >= 15 is 0 Å². The number of nitrogens with one attached hydrogen (secondary N) is 1. The zero-order valence-corrected chi connectivity index (χ0v) is 9.42. The fourth-order valence-electron chi connectivity index (χ4n) is 1.96. The minimum atomic E-state index is -0.495. The summed E-state index contributed by atoms with van der Waals surface area (Å²) in [6.07, 6.45) is 0. The van der Waals surface area contributed by atoms with Crippen LogP contribution in [0.3, 0.4) is 0 Å². The van der Waals surface area contributed by atoms with E-state index in [1.165, 1.54) is 0 Å². The molecule has 88 valence electrons. The van der Waals surface area contributed by atoms with E-state index in [1.54, 1.807) is 0 Å². The Morgan fingerprint density at radius 1 is 1.00 bits per heavy atom. The van der Waals surface area contributed by atoms with Gasteiger partial charge >= 0.3 is 5.69 Å². The van der Waals surface area contributed by atoms with Crippen molar-refractivity contribution in [2.45, 2.75) is 0 Å². The monoisotopic (exact) mass is 238 g/mol. The van der Waals surface area contributed by atoms with E-state index in [0.29, 0.717) is 5.82 Å². The van der Waals surface area contributed by atoms with E-state index in [2.05, 4.69) is 15.0 Å². The summed E-state index contributed by atoms with van der Waals surface area (Å²) in [6.45, 7) is 0. The van der Waals surface area contributed by atoms with Crippen LogP contribution in [0, 0.1) is 0 Å². The average Bonchev–Trinajstić information content (AvgIpc) is 2.37.